The van der Waals surface area contributed by atoms with Gasteiger partial charge in [-0.3, -0.25) is 14.7 Å². The minimum absolute atomic E-state index is 0.0555. The Morgan fingerprint density at radius 2 is 1.71 bits per heavy atom. The molecule has 0 saturated carbocycles. The van der Waals surface area contributed by atoms with Gasteiger partial charge in [0.05, 0.1) is 16.3 Å². The first kappa shape index (κ1) is 19.5. The zero-order valence-corrected chi connectivity index (χ0v) is 16.0. The fourth-order valence-electron chi connectivity index (χ4n) is 2.35. The van der Waals surface area contributed by atoms with Gasteiger partial charge in [-0.05, 0) is 36.4 Å². The Morgan fingerprint density at radius 1 is 1.07 bits per heavy atom. The lowest BCUT2D eigenvalue weighted by Gasteiger charge is -2.00. The maximum absolute atomic E-state index is 12.7. The fraction of sp³-hybridized carbons (Fsp3) is 0.0588. The van der Waals surface area contributed by atoms with Crippen molar-refractivity contribution in [3.8, 4) is 5.69 Å². The Bertz CT molecular complexity index is 1200. The summed E-state index contributed by atoms with van der Waals surface area (Å²) in [7, 11) is 2.83. The zero-order chi connectivity index (χ0) is 20.3. The summed E-state index contributed by atoms with van der Waals surface area (Å²) in [4.78, 5) is 24.7. The number of nitrogens with one attached hydrogen (secondary N) is 2. The van der Waals surface area contributed by atoms with Crippen LogP contribution < -0.4 is 10.9 Å². The van der Waals surface area contributed by atoms with E-state index in [9.17, 15) is 18.0 Å². The van der Waals surface area contributed by atoms with E-state index in [2.05, 4.69) is 20.6 Å². The van der Waals surface area contributed by atoms with Crippen LogP contribution in [0.4, 0.5) is 11.4 Å². The van der Waals surface area contributed by atoms with E-state index in [4.69, 9.17) is 10.7 Å². The highest BCUT2D eigenvalue weighted by Crippen LogP contribution is 2.22. The second-order valence-corrected chi connectivity index (χ2v) is 8.09. The molecule has 0 unspecified atom stereocenters. The van der Waals surface area contributed by atoms with E-state index in [1.807, 2.05) is 0 Å². The van der Waals surface area contributed by atoms with Crippen molar-refractivity contribution in [1.82, 2.24) is 15.1 Å². The van der Waals surface area contributed by atoms with Crippen LogP contribution in [0.5, 0.6) is 0 Å². The number of hydrogen-bond donors (Lipinski definition) is 2. The van der Waals surface area contributed by atoms with Crippen molar-refractivity contribution in [3.05, 3.63) is 70.6 Å². The van der Waals surface area contributed by atoms with Crippen LogP contribution in [0.15, 0.2) is 74.5 Å². The predicted octanol–water partition coefficient (Wildman–Crippen LogP) is 2.87. The van der Waals surface area contributed by atoms with Gasteiger partial charge in [0.2, 0.25) is 0 Å². The molecule has 0 atom stereocenters. The average Bonchev–Trinajstić information content (AvgIpc) is 3.02. The van der Waals surface area contributed by atoms with E-state index in [1.54, 1.807) is 30.3 Å². The third-order valence-corrected chi connectivity index (χ3v) is 5.09. The number of carbonyl (C=O) groups excluding carboxylic acids is 1. The lowest BCUT2D eigenvalue weighted by molar-refractivity contribution is 0.0958. The molecule has 0 radical (unpaired) electrons. The van der Waals surface area contributed by atoms with Crippen LogP contribution >= 0.6 is 10.7 Å². The second kappa shape index (κ2) is 7.79. The highest BCUT2D eigenvalue weighted by molar-refractivity contribution is 8.13. The number of amides is 1. The number of benzene rings is 2. The summed E-state index contributed by atoms with van der Waals surface area (Å²) in [5.74, 6) is -0.538. The molecule has 1 amide bonds. The Hall–Kier alpha value is -3.24. The summed E-state index contributed by atoms with van der Waals surface area (Å²) in [6, 6.07) is 13.9. The number of halogens is 1. The van der Waals surface area contributed by atoms with Gasteiger partial charge in [-0.25, -0.2) is 13.1 Å². The van der Waals surface area contributed by atoms with Crippen molar-refractivity contribution >= 4 is 37.0 Å². The molecular formula is C17H14ClN5O4S. The van der Waals surface area contributed by atoms with E-state index in [0.29, 0.717) is 5.69 Å². The molecule has 3 aromatic rings. The maximum Gasteiger partial charge on any atom is 0.299 e. The molecule has 3 rings (SSSR count). The molecule has 0 aliphatic heterocycles. The van der Waals surface area contributed by atoms with Gasteiger partial charge in [-0.15, -0.1) is 5.11 Å². The van der Waals surface area contributed by atoms with Crippen molar-refractivity contribution < 1.29 is 13.2 Å². The number of H-pyrrole nitrogens is 1. The number of aromatic amines is 1. The number of nitrogens with zero attached hydrogens (tertiary/aromatic N) is 3. The number of azo groups is 1. The SMILES string of the molecule is CNC(=O)c1[nH]n(-c2ccccc2)c(=O)c1/N=N/c1ccc(S(=O)(=O)Cl)cc1. The van der Waals surface area contributed by atoms with E-state index in [-0.39, 0.29) is 22.0 Å². The summed E-state index contributed by atoms with van der Waals surface area (Å²) in [5, 5.41) is 13.0. The van der Waals surface area contributed by atoms with Crippen LogP contribution in [0.3, 0.4) is 0 Å². The van der Waals surface area contributed by atoms with Crippen LogP contribution in [0.25, 0.3) is 5.69 Å². The van der Waals surface area contributed by atoms with Gasteiger partial charge >= 0.3 is 0 Å². The molecule has 2 aromatic carbocycles. The average molecular weight is 420 g/mol. The van der Waals surface area contributed by atoms with E-state index < -0.39 is 20.5 Å². The molecule has 0 bridgehead atoms. The first-order valence-electron chi connectivity index (χ1n) is 7.90. The molecular weight excluding hydrogens is 406 g/mol. The molecule has 0 aliphatic rings. The molecule has 0 spiro atoms. The van der Waals surface area contributed by atoms with Crippen molar-refractivity contribution in [2.45, 2.75) is 4.90 Å². The second-order valence-electron chi connectivity index (χ2n) is 5.52. The molecule has 11 heteroatoms. The Kier molecular flexibility index (Phi) is 5.43. The quantitative estimate of drug-likeness (QED) is 0.487. The zero-order valence-electron chi connectivity index (χ0n) is 14.5. The summed E-state index contributed by atoms with van der Waals surface area (Å²) in [6.45, 7) is 0. The van der Waals surface area contributed by atoms with Gasteiger partial charge in [0.1, 0.15) is 0 Å². The van der Waals surface area contributed by atoms with Gasteiger partial charge in [0.25, 0.3) is 20.5 Å². The minimum Gasteiger partial charge on any atom is -0.354 e. The van der Waals surface area contributed by atoms with Crippen LogP contribution in [-0.2, 0) is 9.05 Å². The van der Waals surface area contributed by atoms with Crippen LogP contribution in [0.2, 0.25) is 0 Å². The molecule has 9 nitrogen and oxygen atoms in total. The predicted molar refractivity (Wildman–Crippen MR) is 103 cm³/mol. The number of hydrogen-bond acceptors (Lipinski definition) is 6. The third kappa shape index (κ3) is 4.02. The van der Waals surface area contributed by atoms with Gasteiger partial charge in [-0.2, -0.15) is 5.11 Å². The van der Waals surface area contributed by atoms with E-state index in [1.165, 1.54) is 36.0 Å². The topological polar surface area (TPSA) is 126 Å². The van der Waals surface area contributed by atoms with Crippen molar-refractivity contribution in [2.24, 2.45) is 10.2 Å². The Labute approximate surface area is 164 Å². The third-order valence-electron chi connectivity index (χ3n) is 3.72. The highest BCUT2D eigenvalue weighted by Gasteiger charge is 2.20. The minimum atomic E-state index is -3.85. The van der Waals surface area contributed by atoms with Gasteiger partial charge < -0.3 is 5.32 Å². The molecule has 0 fully saturated rings. The monoisotopic (exact) mass is 419 g/mol. The maximum atomic E-state index is 12.7. The molecule has 28 heavy (non-hydrogen) atoms. The molecule has 144 valence electrons. The fourth-order valence-corrected chi connectivity index (χ4v) is 3.12. The van der Waals surface area contributed by atoms with Crippen LogP contribution in [0, 0.1) is 0 Å². The first-order valence-corrected chi connectivity index (χ1v) is 10.2. The number of rotatable bonds is 5. The van der Waals surface area contributed by atoms with Gasteiger partial charge in [0, 0.05) is 17.7 Å². The van der Waals surface area contributed by atoms with Gasteiger partial charge in [0.15, 0.2) is 11.4 Å². The summed E-state index contributed by atoms with van der Waals surface area (Å²) >= 11 is 0. The summed E-state index contributed by atoms with van der Waals surface area (Å²) in [6.07, 6.45) is 0. The molecule has 1 heterocycles. The van der Waals surface area contributed by atoms with Gasteiger partial charge in [-0.1, -0.05) is 18.2 Å². The normalized spacial score (nSPS) is 11.6. The Morgan fingerprint density at radius 3 is 2.29 bits per heavy atom. The summed E-state index contributed by atoms with van der Waals surface area (Å²) in [5.41, 5.74) is 0.000342. The van der Waals surface area contributed by atoms with E-state index >= 15 is 0 Å². The first-order chi connectivity index (χ1) is 13.3. The van der Waals surface area contributed by atoms with Crippen molar-refractivity contribution in [2.75, 3.05) is 7.05 Å². The lowest BCUT2D eigenvalue weighted by atomic mass is 10.3. The molecule has 2 N–H and O–H groups in total. The smallest absolute Gasteiger partial charge is 0.299 e. The Balaban J connectivity index is 2.03. The van der Waals surface area contributed by atoms with Crippen LogP contribution in [0.1, 0.15) is 10.5 Å². The standard InChI is InChI=1S/C17H14ClN5O4S/c1-19-16(24)14-15(17(25)23(22-14)12-5-3-2-4-6-12)21-20-11-7-9-13(10-8-11)28(18,26)27/h2-10,22H,1H3,(H,19,24)/b21-20+. The highest BCUT2D eigenvalue weighted by atomic mass is 35.7. The molecule has 0 aliphatic carbocycles. The number of carbonyl (C=O) groups is 1. The van der Waals surface area contributed by atoms with E-state index in [0.717, 1.165) is 0 Å². The van der Waals surface area contributed by atoms with Crippen molar-refractivity contribution in [1.29, 1.82) is 0 Å². The summed E-state index contributed by atoms with van der Waals surface area (Å²) < 4.78 is 23.7. The molecule has 1 aromatic heterocycles. The number of para-hydroxylation sites is 1. The lowest BCUT2D eigenvalue weighted by Crippen LogP contribution is -2.18. The number of aromatic nitrogens is 2. The van der Waals surface area contributed by atoms with Crippen LogP contribution in [-0.4, -0.2) is 31.2 Å². The largest absolute Gasteiger partial charge is 0.354 e. The molecule has 0 saturated heterocycles. The van der Waals surface area contributed by atoms with Crippen molar-refractivity contribution in [3.63, 3.8) is 0 Å².